The second-order valence-corrected chi connectivity index (χ2v) is 5.98. The van der Waals surface area contributed by atoms with Gasteiger partial charge in [0, 0.05) is 18.2 Å². The SMILES string of the molecule is NC(Cc1ccc([N+](=O)[O-])cc1)CC1CCCCCC1. The van der Waals surface area contributed by atoms with Crippen LogP contribution in [0.1, 0.15) is 50.5 Å². The Morgan fingerprint density at radius 2 is 1.75 bits per heavy atom. The number of nitro groups is 1. The Morgan fingerprint density at radius 3 is 2.30 bits per heavy atom. The molecular formula is C16H24N2O2. The number of nitrogens with zero attached hydrogens (tertiary/aromatic N) is 1. The van der Waals surface area contributed by atoms with Crippen LogP contribution >= 0.6 is 0 Å². The maximum atomic E-state index is 10.6. The fraction of sp³-hybridized carbons (Fsp3) is 0.625. The van der Waals surface area contributed by atoms with Gasteiger partial charge in [-0.15, -0.1) is 0 Å². The molecule has 4 heteroatoms. The number of hydrogen-bond donors (Lipinski definition) is 1. The largest absolute Gasteiger partial charge is 0.327 e. The van der Waals surface area contributed by atoms with E-state index in [1.165, 1.54) is 38.5 Å². The molecule has 4 nitrogen and oxygen atoms in total. The maximum absolute atomic E-state index is 10.6. The van der Waals surface area contributed by atoms with E-state index in [-0.39, 0.29) is 16.7 Å². The lowest BCUT2D eigenvalue weighted by atomic mass is 9.90. The minimum atomic E-state index is -0.366. The summed E-state index contributed by atoms with van der Waals surface area (Å²) in [5.74, 6) is 0.769. The van der Waals surface area contributed by atoms with Crippen molar-refractivity contribution in [1.82, 2.24) is 0 Å². The Balaban J connectivity index is 1.83. The van der Waals surface area contributed by atoms with Gasteiger partial charge in [-0.05, 0) is 24.3 Å². The van der Waals surface area contributed by atoms with E-state index in [4.69, 9.17) is 5.73 Å². The molecule has 1 unspecified atom stereocenters. The lowest BCUT2D eigenvalue weighted by molar-refractivity contribution is -0.384. The number of benzene rings is 1. The summed E-state index contributed by atoms with van der Waals surface area (Å²) in [6.45, 7) is 0. The average Bonchev–Trinajstić information content (AvgIpc) is 2.68. The van der Waals surface area contributed by atoms with Crippen LogP contribution in [-0.2, 0) is 6.42 Å². The molecule has 2 rings (SSSR count). The van der Waals surface area contributed by atoms with E-state index in [1.807, 2.05) is 12.1 Å². The minimum absolute atomic E-state index is 0.145. The molecule has 0 saturated heterocycles. The van der Waals surface area contributed by atoms with Crippen LogP contribution in [0.2, 0.25) is 0 Å². The first-order valence-electron chi connectivity index (χ1n) is 7.64. The Morgan fingerprint density at radius 1 is 1.15 bits per heavy atom. The molecule has 0 heterocycles. The third-order valence-electron chi connectivity index (χ3n) is 4.26. The summed E-state index contributed by atoms with van der Waals surface area (Å²) in [5.41, 5.74) is 7.49. The summed E-state index contributed by atoms with van der Waals surface area (Å²) in [5, 5.41) is 10.6. The van der Waals surface area contributed by atoms with Gasteiger partial charge in [-0.2, -0.15) is 0 Å². The molecule has 2 N–H and O–H groups in total. The monoisotopic (exact) mass is 276 g/mol. The second-order valence-electron chi connectivity index (χ2n) is 5.98. The minimum Gasteiger partial charge on any atom is -0.327 e. The van der Waals surface area contributed by atoms with Crippen LogP contribution in [0.25, 0.3) is 0 Å². The van der Waals surface area contributed by atoms with Crippen molar-refractivity contribution in [1.29, 1.82) is 0 Å². The van der Waals surface area contributed by atoms with E-state index >= 15 is 0 Å². The zero-order valence-corrected chi connectivity index (χ0v) is 12.0. The summed E-state index contributed by atoms with van der Waals surface area (Å²) in [6, 6.07) is 6.94. The lowest BCUT2D eigenvalue weighted by Gasteiger charge is -2.19. The third kappa shape index (κ3) is 4.60. The van der Waals surface area contributed by atoms with Crippen molar-refractivity contribution in [2.75, 3.05) is 0 Å². The smallest absolute Gasteiger partial charge is 0.269 e. The van der Waals surface area contributed by atoms with Gasteiger partial charge in [0.25, 0.3) is 5.69 Å². The summed E-state index contributed by atoms with van der Waals surface area (Å²) in [7, 11) is 0. The van der Waals surface area contributed by atoms with Crippen molar-refractivity contribution in [3.05, 3.63) is 39.9 Å². The Labute approximate surface area is 120 Å². The van der Waals surface area contributed by atoms with Crippen molar-refractivity contribution < 1.29 is 4.92 Å². The molecule has 110 valence electrons. The van der Waals surface area contributed by atoms with Gasteiger partial charge in [-0.25, -0.2) is 0 Å². The van der Waals surface area contributed by atoms with E-state index in [2.05, 4.69) is 0 Å². The van der Waals surface area contributed by atoms with E-state index in [1.54, 1.807) is 12.1 Å². The van der Waals surface area contributed by atoms with Gasteiger partial charge in [0.1, 0.15) is 0 Å². The fourth-order valence-corrected chi connectivity index (χ4v) is 3.17. The molecule has 1 aliphatic rings. The van der Waals surface area contributed by atoms with Gasteiger partial charge in [-0.1, -0.05) is 50.7 Å². The van der Waals surface area contributed by atoms with Crippen molar-refractivity contribution in [3.63, 3.8) is 0 Å². The highest BCUT2D eigenvalue weighted by molar-refractivity contribution is 5.33. The van der Waals surface area contributed by atoms with Crippen LogP contribution in [0, 0.1) is 16.0 Å². The highest BCUT2D eigenvalue weighted by Gasteiger charge is 2.16. The van der Waals surface area contributed by atoms with Gasteiger partial charge in [0.15, 0.2) is 0 Å². The van der Waals surface area contributed by atoms with Crippen LogP contribution in [0.15, 0.2) is 24.3 Å². The molecule has 0 bridgehead atoms. The number of rotatable bonds is 5. The van der Waals surface area contributed by atoms with Crippen molar-refractivity contribution in [3.8, 4) is 0 Å². The summed E-state index contributed by atoms with van der Waals surface area (Å²) in [4.78, 5) is 10.2. The summed E-state index contributed by atoms with van der Waals surface area (Å²) < 4.78 is 0. The molecule has 1 saturated carbocycles. The maximum Gasteiger partial charge on any atom is 0.269 e. The van der Waals surface area contributed by atoms with Crippen molar-refractivity contribution in [2.24, 2.45) is 11.7 Å². The molecule has 0 spiro atoms. The van der Waals surface area contributed by atoms with Crippen LogP contribution in [-0.4, -0.2) is 11.0 Å². The second kappa shape index (κ2) is 7.39. The van der Waals surface area contributed by atoms with E-state index < -0.39 is 0 Å². The molecule has 0 amide bonds. The predicted molar refractivity (Wildman–Crippen MR) is 80.6 cm³/mol. The molecule has 0 aromatic heterocycles. The molecule has 0 radical (unpaired) electrons. The Kier molecular flexibility index (Phi) is 5.53. The highest BCUT2D eigenvalue weighted by atomic mass is 16.6. The van der Waals surface area contributed by atoms with Crippen LogP contribution in [0.3, 0.4) is 0 Å². The molecule has 1 fully saturated rings. The first-order valence-corrected chi connectivity index (χ1v) is 7.64. The standard InChI is InChI=1S/C16H24N2O2/c17-15(11-13-5-3-1-2-4-6-13)12-14-7-9-16(10-8-14)18(19)20/h7-10,13,15H,1-6,11-12,17H2. The van der Waals surface area contributed by atoms with Gasteiger partial charge < -0.3 is 5.73 Å². The van der Waals surface area contributed by atoms with E-state index in [9.17, 15) is 10.1 Å². The van der Waals surface area contributed by atoms with Crippen molar-refractivity contribution in [2.45, 2.75) is 57.4 Å². The van der Waals surface area contributed by atoms with Gasteiger partial charge >= 0.3 is 0 Å². The van der Waals surface area contributed by atoms with Gasteiger partial charge in [0.2, 0.25) is 0 Å². The lowest BCUT2D eigenvalue weighted by Crippen LogP contribution is -2.26. The molecule has 20 heavy (non-hydrogen) atoms. The van der Waals surface area contributed by atoms with Crippen LogP contribution < -0.4 is 5.73 Å². The first-order chi connectivity index (χ1) is 9.65. The van der Waals surface area contributed by atoms with Crippen LogP contribution in [0.4, 0.5) is 5.69 Å². The molecular weight excluding hydrogens is 252 g/mol. The van der Waals surface area contributed by atoms with Crippen LogP contribution in [0.5, 0.6) is 0 Å². The van der Waals surface area contributed by atoms with Gasteiger partial charge in [0.05, 0.1) is 4.92 Å². The van der Waals surface area contributed by atoms with Crippen molar-refractivity contribution >= 4 is 5.69 Å². The summed E-state index contributed by atoms with van der Waals surface area (Å²) in [6.07, 6.45) is 9.94. The number of hydrogen-bond acceptors (Lipinski definition) is 3. The molecule has 0 aliphatic heterocycles. The molecule has 1 aliphatic carbocycles. The average molecular weight is 276 g/mol. The zero-order chi connectivity index (χ0) is 14.4. The molecule has 1 aromatic rings. The highest BCUT2D eigenvalue weighted by Crippen LogP contribution is 2.26. The molecule has 1 atom stereocenters. The topological polar surface area (TPSA) is 69.2 Å². The van der Waals surface area contributed by atoms with Gasteiger partial charge in [-0.3, -0.25) is 10.1 Å². The normalized spacial score (nSPS) is 18.4. The number of non-ortho nitro benzene ring substituents is 1. The fourth-order valence-electron chi connectivity index (χ4n) is 3.17. The summed E-state index contributed by atoms with van der Waals surface area (Å²) >= 11 is 0. The first kappa shape index (κ1) is 15.0. The third-order valence-corrected chi connectivity index (χ3v) is 4.26. The quantitative estimate of drug-likeness (QED) is 0.505. The zero-order valence-electron chi connectivity index (χ0n) is 12.0. The van der Waals surface area contributed by atoms with E-state index in [0.29, 0.717) is 0 Å². The number of nitro benzene ring substituents is 1. The Bertz CT molecular complexity index is 423. The van der Waals surface area contributed by atoms with E-state index in [0.717, 1.165) is 24.3 Å². The Hall–Kier alpha value is -1.42. The predicted octanol–water partition coefficient (Wildman–Crippen LogP) is 3.83. The number of nitrogens with two attached hydrogens (primary N) is 1. The molecule has 1 aromatic carbocycles.